The van der Waals surface area contributed by atoms with Crippen LogP contribution in [0.3, 0.4) is 0 Å². The van der Waals surface area contributed by atoms with Crippen molar-refractivity contribution in [2.45, 2.75) is 19.9 Å². The zero-order chi connectivity index (χ0) is 18.6. The molecular weight excluding hydrogens is 367 g/mol. The van der Waals surface area contributed by atoms with Gasteiger partial charge < -0.3 is 0 Å². The van der Waals surface area contributed by atoms with Crippen LogP contribution >= 0.6 is 23.2 Å². The molecular formula is C17H14Cl2N2O4. The highest BCUT2D eigenvalue weighted by molar-refractivity contribution is 6.43. The number of nitrogens with zero attached hydrogens (tertiary/aromatic N) is 2. The van der Waals surface area contributed by atoms with Gasteiger partial charge in [0, 0.05) is 17.5 Å². The predicted octanol–water partition coefficient (Wildman–Crippen LogP) is 4.41. The Labute approximate surface area is 154 Å². The third-order valence-electron chi connectivity index (χ3n) is 3.52. The van der Waals surface area contributed by atoms with Crippen molar-refractivity contribution in [2.24, 2.45) is 0 Å². The number of nitro benzene ring substituents is 1. The predicted molar refractivity (Wildman–Crippen MR) is 96.0 cm³/mol. The lowest BCUT2D eigenvalue weighted by molar-refractivity contribution is -0.384. The number of hydrogen-bond acceptors (Lipinski definition) is 4. The van der Waals surface area contributed by atoms with Crippen LogP contribution in [0.15, 0.2) is 42.5 Å². The summed E-state index contributed by atoms with van der Waals surface area (Å²) in [5.41, 5.74) is 0.0494. The molecule has 2 aromatic rings. The number of hydrogen-bond donors (Lipinski definition) is 0. The number of ketones is 1. The summed E-state index contributed by atoms with van der Waals surface area (Å²) in [5.74, 6) is -1.56. The molecule has 0 heterocycles. The number of rotatable bonds is 6. The molecule has 1 amide bonds. The molecule has 25 heavy (non-hydrogen) atoms. The van der Waals surface area contributed by atoms with Crippen LogP contribution in [0.2, 0.25) is 10.0 Å². The standard InChI is InChI=1S/C17H14Cl2N2O4/c1-2-15(22)17(23)20(10-11-6-3-4-7-12(11)18)16-13(19)8-5-9-14(16)21(24)25/h3-9H,2,10H2,1H3. The van der Waals surface area contributed by atoms with Crippen molar-refractivity contribution >= 4 is 46.3 Å². The van der Waals surface area contributed by atoms with Crippen molar-refractivity contribution in [1.82, 2.24) is 0 Å². The van der Waals surface area contributed by atoms with Crippen LogP contribution < -0.4 is 4.90 Å². The van der Waals surface area contributed by atoms with Gasteiger partial charge in [-0.05, 0) is 17.7 Å². The van der Waals surface area contributed by atoms with Crippen LogP contribution in [-0.4, -0.2) is 16.6 Å². The van der Waals surface area contributed by atoms with Crippen molar-refractivity contribution in [2.75, 3.05) is 4.90 Å². The zero-order valence-corrected chi connectivity index (χ0v) is 14.8. The summed E-state index contributed by atoms with van der Waals surface area (Å²) in [7, 11) is 0. The van der Waals surface area contributed by atoms with Gasteiger partial charge in [-0.15, -0.1) is 0 Å². The smallest absolute Gasteiger partial charge is 0.294 e. The Kier molecular flexibility index (Phi) is 6.12. The third-order valence-corrected chi connectivity index (χ3v) is 4.20. The lowest BCUT2D eigenvalue weighted by atomic mass is 10.1. The first kappa shape index (κ1) is 18.9. The number of Topliss-reactive ketones (excluding diaryl/α,β-unsaturated/α-hetero) is 1. The zero-order valence-electron chi connectivity index (χ0n) is 13.2. The van der Waals surface area contributed by atoms with Gasteiger partial charge in [-0.3, -0.25) is 24.6 Å². The Hall–Kier alpha value is -2.44. The Morgan fingerprint density at radius 2 is 1.72 bits per heavy atom. The van der Waals surface area contributed by atoms with E-state index in [-0.39, 0.29) is 29.4 Å². The lowest BCUT2D eigenvalue weighted by Gasteiger charge is -2.23. The van der Waals surface area contributed by atoms with Crippen molar-refractivity contribution < 1.29 is 14.5 Å². The molecule has 0 aliphatic rings. The van der Waals surface area contributed by atoms with Crippen LogP contribution in [0.1, 0.15) is 18.9 Å². The molecule has 0 fully saturated rings. The van der Waals surface area contributed by atoms with Crippen molar-refractivity contribution in [3.63, 3.8) is 0 Å². The van der Waals surface area contributed by atoms with Crippen LogP contribution in [-0.2, 0) is 16.1 Å². The minimum atomic E-state index is -0.876. The number of carbonyl (C=O) groups excluding carboxylic acids is 2. The Morgan fingerprint density at radius 1 is 1.08 bits per heavy atom. The van der Waals surface area contributed by atoms with Gasteiger partial charge in [-0.2, -0.15) is 0 Å². The van der Waals surface area contributed by atoms with Crippen LogP contribution in [0, 0.1) is 10.1 Å². The highest BCUT2D eigenvalue weighted by atomic mass is 35.5. The molecule has 0 aromatic heterocycles. The van der Waals surface area contributed by atoms with E-state index in [1.165, 1.54) is 25.1 Å². The molecule has 0 saturated heterocycles. The largest absolute Gasteiger partial charge is 0.294 e. The maximum atomic E-state index is 12.6. The minimum Gasteiger partial charge on any atom is -0.294 e. The molecule has 0 radical (unpaired) electrons. The van der Waals surface area contributed by atoms with Crippen LogP contribution in [0.25, 0.3) is 0 Å². The topological polar surface area (TPSA) is 80.5 Å². The number of amides is 1. The molecule has 0 bridgehead atoms. The fourth-order valence-corrected chi connectivity index (χ4v) is 2.74. The maximum Gasteiger partial charge on any atom is 0.294 e. The van der Waals surface area contributed by atoms with Crippen LogP contribution in [0.4, 0.5) is 11.4 Å². The average molecular weight is 381 g/mol. The SMILES string of the molecule is CCC(=O)C(=O)N(Cc1ccccc1Cl)c1c(Cl)cccc1[N+](=O)[O-]. The van der Waals surface area contributed by atoms with E-state index < -0.39 is 16.6 Å². The summed E-state index contributed by atoms with van der Waals surface area (Å²) in [6, 6.07) is 10.8. The molecule has 0 saturated carbocycles. The van der Waals surface area contributed by atoms with E-state index in [2.05, 4.69) is 0 Å². The van der Waals surface area contributed by atoms with E-state index in [9.17, 15) is 19.7 Å². The second kappa shape index (κ2) is 8.09. The van der Waals surface area contributed by atoms with Gasteiger partial charge in [0.25, 0.3) is 11.6 Å². The van der Waals surface area contributed by atoms with E-state index in [0.717, 1.165) is 4.90 Å². The molecule has 0 unspecified atom stereocenters. The monoisotopic (exact) mass is 380 g/mol. The van der Waals surface area contributed by atoms with Gasteiger partial charge in [0.1, 0.15) is 5.69 Å². The Morgan fingerprint density at radius 3 is 2.32 bits per heavy atom. The first-order valence-electron chi connectivity index (χ1n) is 7.37. The van der Waals surface area contributed by atoms with E-state index >= 15 is 0 Å². The van der Waals surface area contributed by atoms with E-state index in [1.807, 2.05) is 0 Å². The van der Waals surface area contributed by atoms with Gasteiger partial charge in [0.05, 0.1) is 16.5 Å². The van der Waals surface area contributed by atoms with E-state index in [1.54, 1.807) is 24.3 Å². The molecule has 2 aromatic carbocycles. The third kappa shape index (κ3) is 4.15. The lowest BCUT2D eigenvalue weighted by Crippen LogP contribution is -2.36. The van der Waals surface area contributed by atoms with E-state index in [4.69, 9.17) is 23.2 Å². The highest BCUT2D eigenvalue weighted by Gasteiger charge is 2.30. The summed E-state index contributed by atoms with van der Waals surface area (Å²) in [4.78, 5) is 36.2. The number of anilines is 1. The summed E-state index contributed by atoms with van der Waals surface area (Å²) in [6.07, 6.45) is -0.0316. The average Bonchev–Trinajstić information content (AvgIpc) is 2.60. The normalized spacial score (nSPS) is 10.4. The molecule has 130 valence electrons. The molecule has 6 nitrogen and oxygen atoms in total. The summed E-state index contributed by atoms with van der Waals surface area (Å²) in [6.45, 7) is 1.42. The minimum absolute atomic E-state index is 0.00138. The summed E-state index contributed by atoms with van der Waals surface area (Å²) < 4.78 is 0. The number of benzene rings is 2. The van der Waals surface area contributed by atoms with Gasteiger partial charge in [-0.25, -0.2) is 0 Å². The molecule has 0 N–H and O–H groups in total. The molecule has 0 aliphatic heterocycles. The fourth-order valence-electron chi connectivity index (χ4n) is 2.27. The second-order valence-corrected chi connectivity index (χ2v) is 5.94. The quantitative estimate of drug-likeness (QED) is 0.422. The highest BCUT2D eigenvalue weighted by Crippen LogP contribution is 2.37. The first-order valence-corrected chi connectivity index (χ1v) is 8.13. The van der Waals surface area contributed by atoms with Gasteiger partial charge in [0.2, 0.25) is 5.78 Å². The van der Waals surface area contributed by atoms with Crippen LogP contribution in [0.5, 0.6) is 0 Å². The number of nitro groups is 1. The van der Waals surface area contributed by atoms with Gasteiger partial charge >= 0.3 is 0 Å². The molecule has 0 atom stereocenters. The van der Waals surface area contributed by atoms with Crippen molar-refractivity contribution in [3.8, 4) is 0 Å². The summed E-state index contributed by atoms with van der Waals surface area (Å²) >= 11 is 12.2. The Bertz CT molecular complexity index is 839. The first-order chi connectivity index (χ1) is 11.9. The van der Waals surface area contributed by atoms with Crippen molar-refractivity contribution in [3.05, 3.63) is 68.2 Å². The number of halogens is 2. The number of para-hydroxylation sites is 1. The van der Waals surface area contributed by atoms with Gasteiger partial charge in [-0.1, -0.05) is 54.4 Å². The van der Waals surface area contributed by atoms with Gasteiger partial charge in [0.15, 0.2) is 0 Å². The Balaban J connectivity index is 2.61. The summed E-state index contributed by atoms with van der Waals surface area (Å²) in [5, 5.41) is 11.7. The molecule has 2 rings (SSSR count). The fraction of sp³-hybridized carbons (Fsp3) is 0.176. The molecule has 0 spiro atoms. The second-order valence-electron chi connectivity index (χ2n) is 5.12. The van der Waals surface area contributed by atoms with E-state index in [0.29, 0.717) is 10.6 Å². The molecule has 8 heteroatoms. The molecule has 0 aliphatic carbocycles. The van der Waals surface area contributed by atoms with Crippen molar-refractivity contribution in [1.29, 1.82) is 0 Å². The maximum absolute atomic E-state index is 12.6. The number of carbonyl (C=O) groups is 2.